The van der Waals surface area contributed by atoms with Crippen molar-refractivity contribution in [1.29, 1.82) is 0 Å². The fourth-order valence-corrected chi connectivity index (χ4v) is 4.48. The molecule has 1 saturated carbocycles. The minimum absolute atomic E-state index is 0.390. The zero-order chi connectivity index (χ0) is 17.5. The maximum atomic E-state index is 5.99. The van der Waals surface area contributed by atoms with Crippen LogP contribution in [0.25, 0.3) is 0 Å². The first kappa shape index (κ1) is 20.2. The molecular weight excluding hydrogens is 296 g/mol. The molecular formula is C21H42N2O. The summed E-state index contributed by atoms with van der Waals surface area (Å²) < 4.78 is 5.99. The highest BCUT2D eigenvalue weighted by Crippen LogP contribution is 2.32. The molecule has 0 aromatic heterocycles. The van der Waals surface area contributed by atoms with Crippen molar-refractivity contribution in [2.24, 2.45) is 11.8 Å². The summed E-state index contributed by atoms with van der Waals surface area (Å²) in [6, 6.07) is 0.709. The maximum Gasteiger partial charge on any atom is 0.0578 e. The molecule has 0 aromatic carbocycles. The van der Waals surface area contributed by atoms with Gasteiger partial charge in [-0.1, -0.05) is 6.92 Å². The van der Waals surface area contributed by atoms with Crippen LogP contribution in [-0.4, -0.2) is 60.8 Å². The normalized spacial score (nSPS) is 28.6. The quantitative estimate of drug-likeness (QED) is 0.652. The molecule has 2 aliphatic rings. The summed E-state index contributed by atoms with van der Waals surface area (Å²) in [5, 5.41) is 0. The molecule has 1 aliphatic carbocycles. The van der Waals surface area contributed by atoms with Gasteiger partial charge in [-0.2, -0.15) is 0 Å². The highest BCUT2D eigenvalue weighted by atomic mass is 16.5. The third kappa shape index (κ3) is 7.01. The van der Waals surface area contributed by atoms with Crippen LogP contribution in [0.4, 0.5) is 0 Å². The van der Waals surface area contributed by atoms with Gasteiger partial charge in [0.1, 0.15) is 0 Å². The van der Waals surface area contributed by atoms with E-state index in [-0.39, 0.29) is 0 Å². The lowest BCUT2D eigenvalue weighted by Gasteiger charge is -2.37. The van der Waals surface area contributed by atoms with Gasteiger partial charge < -0.3 is 9.64 Å². The van der Waals surface area contributed by atoms with Crippen LogP contribution >= 0.6 is 0 Å². The predicted octanol–water partition coefficient (Wildman–Crippen LogP) is 4.41. The predicted molar refractivity (Wildman–Crippen MR) is 104 cm³/mol. The molecule has 1 unspecified atom stereocenters. The molecule has 1 saturated heterocycles. The van der Waals surface area contributed by atoms with Gasteiger partial charge in [-0.3, -0.25) is 4.90 Å². The Morgan fingerprint density at radius 1 is 0.875 bits per heavy atom. The van der Waals surface area contributed by atoms with E-state index in [0.29, 0.717) is 18.2 Å². The number of piperazine rings is 1. The summed E-state index contributed by atoms with van der Waals surface area (Å²) in [5.41, 5.74) is 0. The summed E-state index contributed by atoms with van der Waals surface area (Å²) in [6.07, 6.45) is 9.07. The average Bonchev–Trinajstić information content (AvgIpc) is 2.54. The molecule has 1 heterocycles. The van der Waals surface area contributed by atoms with Crippen molar-refractivity contribution in [3.63, 3.8) is 0 Å². The summed E-state index contributed by atoms with van der Waals surface area (Å²) in [6.45, 7) is 17.8. The Hall–Kier alpha value is -0.120. The highest BCUT2D eigenvalue weighted by molar-refractivity contribution is 4.77. The molecule has 3 heteroatoms. The zero-order valence-corrected chi connectivity index (χ0v) is 17.0. The maximum absolute atomic E-state index is 5.99. The molecule has 0 spiro atoms. The number of nitrogens with zero attached hydrogens (tertiary/aromatic N) is 2. The molecule has 24 heavy (non-hydrogen) atoms. The molecule has 142 valence electrons. The SMILES string of the molecule is CC(CCN1CCN(C(C)C)CC1)CC1CCC(OC(C)C)CC1. The number of rotatable bonds is 8. The van der Waals surface area contributed by atoms with Crippen LogP contribution in [-0.2, 0) is 4.74 Å². The molecule has 0 radical (unpaired) electrons. The van der Waals surface area contributed by atoms with Crippen LogP contribution in [0.15, 0.2) is 0 Å². The van der Waals surface area contributed by atoms with Crippen LogP contribution in [0.1, 0.15) is 73.1 Å². The standard InChI is InChI=1S/C21H42N2O/c1-17(2)23-14-12-22(13-15-23)11-10-19(5)16-20-6-8-21(9-7-20)24-18(3)4/h17-21H,6-16H2,1-5H3. The van der Waals surface area contributed by atoms with E-state index >= 15 is 0 Å². The third-order valence-electron chi connectivity index (χ3n) is 6.07. The zero-order valence-electron chi connectivity index (χ0n) is 17.0. The second-order valence-corrected chi connectivity index (χ2v) is 8.93. The van der Waals surface area contributed by atoms with E-state index in [1.54, 1.807) is 0 Å². The first-order chi connectivity index (χ1) is 11.4. The molecule has 2 rings (SSSR count). The topological polar surface area (TPSA) is 15.7 Å². The lowest BCUT2D eigenvalue weighted by molar-refractivity contribution is -0.0213. The molecule has 0 amide bonds. The molecule has 1 atom stereocenters. The van der Waals surface area contributed by atoms with Gasteiger partial charge in [-0.15, -0.1) is 0 Å². The van der Waals surface area contributed by atoms with Crippen molar-refractivity contribution in [3.8, 4) is 0 Å². The Labute approximate surface area is 151 Å². The van der Waals surface area contributed by atoms with Crippen molar-refractivity contribution < 1.29 is 4.74 Å². The van der Waals surface area contributed by atoms with Gasteiger partial charge in [-0.05, 0) is 84.6 Å². The van der Waals surface area contributed by atoms with E-state index in [2.05, 4.69) is 44.4 Å². The van der Waals surface area contributed by atoms with Gasteiger partial charge in [0, 0.05) is 32.2 Å². The van der Waals surface area contributed by atoms with E-state index in [1.807, 2.05) is 0 Å². The van der Waals surface area contributed by atoms with Crippen molar-refractivity contribution in [1.82, 2.24) is 9.80 Å². The Balaban J connectivity index is 1.57. The lowest BCUT2D eigenvalue weighted by atomic mass is 9.81. The van der Waals surface area contributed by atoms with Gasteiger partial charge in [0.05, 0.1) is 12.2 Å². The number of ether oxygens (including phenoxy) is 1. The Morgan fingerprint density at radius 2 is 1.50 bits per heavy atom. The molecule has 1 aliphatic heterocycles. The van der Waals surface area contributed by atoms with E-state index < -0.39 is 0 Å². The first-order valence-corrected chi connectivity index (χ1v) is 10.6. The smallest absolute Gasteiger partial charge is 0.0578 e. The van der Waals surface area contributed by atoms with Crippen molar-refractivity contribution in [2.75, 3.05) is 32.7 Å². The largest absolute Gasteiger partial charge is 0.376 e. The van der Waals surface area contributed by atoms with Crippen LogP contribution in [0.3, 0.4) is 0 Å². The fraction of sp³-hybridized carbons (Fsp3) is 1.00. The van der Waals surface area contributed by atoms with E-state index in [1.165, 1.54) is 71.2 Å². The van der Waals surface area contributed by atoms with Gasteiger partial charge in [0.15, 0.2) is 0 Å². The summed E-state index contributed by atoms with van der Waals surface area (Å²) in [5.74, 6) is 1.82. The molecule has 2 fully saturated rings. The van der Waals surface area contributed by atoms with Gasteiger partial charge in [0.2, 0.25) is 0 Å². The van der Waals surface area contributed by atoms with Crippen molar-refractivity contribution in [2.45, 2.75) is 91.4 Å². The Morgan fingerprint density at radius 3 is 2.04 bits per heavy atom. The number of hydrogen-bond acceptors (Lipinski definition) is 3. The third-order valence-corrected chi connectivity index (χ3v) is 6.07. The first-order valence-electron chi connectivity index (χ1n) is 10.6. The van der Waals surface area contributed by atoms with Crippen LogP contribution < -0.4 is 0 Å². The fourth-order valence-electron chi connectivity index (χ4n) is 4.48. The number of hydrogen-bond donors (Lipinski definition) is 0. The van der Waals surface area contributed by atoms with Gasteiger partial charge in [-0.25, -0.2) is 0 Å². The molecule has 0 bridgehead atoms. The second-order valence-electron chi connectivity index (χ2n) is 8.93. The van der Waals surface area contributed by atoms with Crippen LogP contribution in [0.2, 0.25) is 0 Å². The second kappa shape index (κ2) is 10.1. The van der Waals surface area contributed by atoms with Crippen LogP contribution in [0.5, 0.6) is 0 Å². The molecule has 3 nitrogen and oxygen atoms in total. The van der Waals surface area contributed by atoms with Crippen molar-refractivity contribution in [3.05, 3.63) is 0 Å². The van der Waals surface area contributed by atoms with Gasteiger partial charge in [0.25, 0.3) is 0 Å². The average molecular weight is 339 g/mol. The Bertz CT molecular complexity index is 329. The minimum Gasteiger partial charge on any atom is -0.376 e. The van der Waals surface area contributed by atoms with Crippen LogP contribution in [0, 0.1) is 11.8 Å². The van der Waals surface area contributed by atoms with Gasteiger partial charge >= 0.3 is 0 Å². The highest BCUT2D eigenvalue weighted by Gasteiger charge is 2.24. The van der Waals surface area contributed by atoms with E-state index in [4.69, 9.17) is 4.74 Å². The summed E-state index contributed by atoms with van der Waals surface area (Å²) in [7, 11) is 0. The minimum atomic E-state index is 0.390. The molecule has 0 N–H and O–H groups in total. The van der Waals surface area contributed by atoms with E-state index in [9.17, 15) is 0 Å². The van der Waals surface area contributed by atoms with E-state index in [0.717, 1.165) is 11.8 Å². The van der Waals surface area contributed by atoms with Crippen molar-refractivity contribution >= 4 is 0 Å². The Kier molecular flexibility index (Phi) is 8.53. The summed E-state index contributed by atoms with van der Waals surface area (Å²) >= 11 is 0. The molecule has 0 aromatic rings. The lowest BCUT2D eigenvalue weighted by Crippen LogP contribution is -2.49. The monoisotopic (exact) mass is 338 g/mol. The summed E-state index contributed by atoms with van der Waals surface area (Å²) in [4.78, 5) is 5.29.